The highest BCUT2D eigenvalue weighted by Gasteiger charge is 2.37. The summed E-state index contributed by atoms with van der Waals surface area (Å²) in [5.74, 6) is -1.65. The van der Waals surface area contributed by atoms with Gasteiger partial charge in [0.25, 0.3) is 0 Å². The lowest BCUT2D eigenvalue weighted by molar-refractivity contribution is -0.142. The summed E-state index contributed by atoms with van der Waals surface area (Å²) in [5.41, 5.74) is 5.70. The van der Waals surface area contributed by atoms with Crippen LogP contribution in [0.2, 0.25) is 0 Å². The van der Waals surface area contributed by atoms with E-state index in [1.165, 1.54) is 4.90 Å². The molecule has 0 saturated carbocycles. The molecule has 1 aliphatic rings. The van der Waals surface area contributed by atoms with Gasteiger partial charge in [-0.3, -0.25) is 9.69 Å². The van der Waals surface area contributed by atoms with Crippen molar-refractivity contribution in [3.8, 4) is 0 Å². The van der Waals surface area contributed by atoms with Gasteiger partial charge in [0.1, 0.15) is 18.7 Å². The summed E-state index contributed by atoms with van der Waals surface area (Å²) in [6, 6.07) is 20.6. The number of benzene rings is 3. The summed E-state index contributed by atoms with van der Waals surface area (Å²) in [7, 11) is 0. The van der Waals surface area contributed by atoms with E-state index in [-0.39, 0.29) is 26.0 Å². The fraction of sp³-hybridized carbons (Fsp3) is 0.276. The summed E-state index contributed by atoms with van der Waals surface area (Å²) in [6.45, 7) is 4.24. The molecule has 0 fully saturated rings. The lowest BCUT2D eigenvalue weighted by Crippen LogP contribution is -2.56. The smallest absolute Gasteiger partial charge is 0.411 e. The van der Waals surface area contributed by atoms with Crippen molar-refractivity contribution in [1.82, 2.24) is 10.2 Å². The number of hydrogen-bond donors (Lipinski definition) is 2. The number of rotatable bonds is 7. The van der Waals surface area contributed by atoms with E-state index in [0.717, 1.165) is 33.4 Å². The first-order valence-corrected chi connectivity index (χ1v) is 11.9. The third-order valence-corrected chi connectivity index (χ3v) is 6.62. The molecule has 7 heteroatoms. The number of nitrogens with one attached hydrogen (secondary N) is 1. The van der Waals surface area contributed by atoms with E-state index >= 15 is 0 Å². The van der Waals surface area contributed by atoms with Gasteiger partial charge in [0.2, 0.25) is 5.91 Å². The molecule has 0 radical (unpaired) electrons. The average Bonchev–Trinajstić information content (AvgIpc) is 2.88. The molecule has 2 N–H and O–H groups in total. The van der Waals surface area contributed by atoms with Crippen LogP contribution < -0.4 is 5.32 Å². The van der Waals surface area contributed by atoms with Crippen molar-refractivity contribution in [2.75, 3.05) is 0 Å². The van der Waals surface area contributed by atoms with E-state index in [1.54, 1.807) is 0 Å². The molecule has 0 saturated heterocycles. The molecule has 1 aliphatic heterocycles. The van der Waals surface area contributed by atoms with Gasteiger partial charge in [-0.15, -0.1) is 0 Å². The van der Waals surface area contributed by atoms with Gasteiger partial charge in [-0.05, 0) is 47.2 Å². The van der Waals surface area contributed by atoms with E-state index in [1.807, 2.05) is 86.6 Å². The van der Waals surface area contributed by atoms with Crippen LogP contribution in [0.3, 0.4) is 0 Å². The number of aliphatic carboxylic acids is 1. The first-order chi connectivity index (χ1) is 17.3. The molecule has 3 aromatic rings. The molecule has 0 bridgehead atoms. The Bertz CT molecular complexity index is 1260. The van der Waals surface area contributed by atoms with Crippen LogP contribution in [0, 0.1) is 13.8 Å². The molecule has 3 aromatic carbocycles. The molecule has 0 spiro atoms. The number of amides is 2. The van der Waals surface area contributed by atoms with Crippen molar-refractivity contribution in [1.29, 1.82) is 0 Å². The van der Waals surface area contributed by atoms with Gasteiger partial charge in [-0.2, -0.15) is 0 Å². The Balaban J connectivity index is 1.52. The average molecular weight is 487 g/mol. The number of fused-ring (bicyclic) bond motifs is 1. The molecular weight excluding hydrogens is 456 g/mol. The molecule has 2 atom stereocenters. The first kappa shape index (κ1) is 25.0. The van der Waals surface area contributed by atoms with Crippen molar-refractivity contribution in [3.63, 3.8) is 0 Å². The van der Waals surface area contributed by atoms with Crippen LogP contribution in [0.25, 0.3) is 0 Å². The van der Waals surface area contributed by atoms with E-state index in [0.29, 0.717) is 0 Å². The quantitative estimate of drug-likeness (QED) is 0.522. The molecule has 1 heterocycles. The Labute approximate surface area is 210 Å². The monoisotopic (exact) mass is 486 g/mol. The van der Waals surface area contributed by atoms with E-state index in [9.17, 15) is 19.5 Å². The predicted octanol–water partition coefficient (Wildman–Crippen LogP) is 4.18. The number of nitrogens with zero attached hydrogens (tertiary/aromatic N) is 1. The zero-order valence-corrected chi connectivity index (χ0v) is 20.4. The van der Waals surface area contributed by atoms with Crippen molar-refractivity contribution in [2.45, 2.75) is 51.9 Å². The molecule has 0 aromatic heterocycles. The molecule has 0 unspecified atom stereocenters. The van der Waals surface area contributed by atoms with Gasteiger partial charge < -0.3 is 15.2 Å². The molecule has 7 nitrogen and oxygen atoms in total. The predicted molar refractivity (Wildman–Crippen MR) is 135 cm³/mol. The molecule has 2 amide bonds. The summed E-state index contributed by atoms with van der Waals surface area (Å²) in [5, 5.41) is 12.5. The second-order valence-corrected chi connectivity index (χ2v) is 9.18. The number of carboxylic acid groups (broad SMARTS) is 1. The first-order valence-electron chi connectivity index (χ1n) is 11.9. The molecule has 4 rings (SSSR count). The third kappa shape index (κ3) is 5.92. The highest BCUT2D eigenvalue weighted by molar-refractivity contribution is 5.90. The molecule has 0 aliphatic carbocycles. The van der Waals surface area contributed by atoms with Crippen LogP contribution in [-0.4, -0.2) is 40.1 Å². The second-order valence-electron chi connectivity index (χ2n) is 9.18. The number of ether oxygens (including phenoxy) is 1. The van der Waals surface area contributed by atoms with Gasteiger partial charge in [0, 0.05) is 12.8 Å². The maximum atomic E-state index is 13.4. The van der Waals surface area contributed by atoms with Gasteiger partial charge >= 0.3 is 12.1 Å². The van der Waals surface area contributed by atoms with E-state index < -0.39 is 30.1 Å². The van der Waals surface area contributed by atoms with Crippen molar-refractivity contribution in [3.05, 3.63) is 106 Å². The standard InChI is InChI=1S/C29H30N2O5/c1-19-12-13-22(14-20(19)2)15-25(28(33)34)30-27(32)26-16-23-10-6-7-11-24(23)17-31(26)29(35)36-18-21-8-4-3-5-9-21/h3-14,25-26H,15-18H2,1-2H3,(H,30,32)(H,33,34)/t25-,26-/m0/s1. The van der Waals surface area contributed by atoms with E-state index in [4.69, 9.17) is 4.74 Å². The summed E-state index contributed by atoms with van der Waals surface area (Å²) in [4.78, 5) is 39.9. The van der Waals surface area contributed by atoms with Crippen molar-refractivity contribution >= 4 is 18.0 Å². The number of carbonyl (C=O) groups is 3. The number of carbonyl (C=O) groups excluding carboxylic acids is 2. The summed E-state index contributed by atoms with van der Waals surface area (Å²) >= 11 is 0. The lowest BCUT2D eigenvalue weighted by atomic mass is 9.93. The Hall–Kier alpha value is -4.13. The Morgan fingerprint density at radius 1 is 0.944 bits per heavy atom. The van der Waals surface area contributed by atoms with Gasteiger partial charge in [0.05, 0.1) is 6.54 Å². The van der Waals surface area contributed by atoms with Crippen molar-refractivity contribution < 1.29 is 24.2 Å². The van der Waals surface area contributed by atoms with E-state index in [2.05, 4.69) is 5.32 Å². The largest absolute Gasteiger partial charge is 0.480 e. The maximum Gasteiger partial charge on any atom is 0.411 e. The van der Waals surface area contributed by atoms with Crippen LogP contribution in [0.1, 0.15) is 33.4 Å². The highest BCUT2D eigenvalue weighted by Crippen LogP contribution is 2.25. The zero-order chi connectivity index (χ0) is 25.7. The van der Waals surface area contributed by atoms with Crippen LogP contribution >= 0.6 is 0 Å². The number of carboxylic acids is 1. The third-order valence-electron chi connectivity index (χ3n) is 6.62. The normalized spacial score (nSPS) is 15.5. The zero-order valence-electron chi connectivity index (χ0n) is 20.4. The van der Waals surface area contributed by atoms with Crippen LogP contribution in [0.15, 0.2) is 72.8 Å². The van der Waals surface area contributed by atoms with Gasteiger partial charge in [-0.1, -0.05) is 72.8 Å². The fourth-order valence-corrected chi connectivity index (χ4v) is 4.39. The molecule has 186 valence electrons. The molecular formula is C29H30N2O5. The summed E-state index contributed by atoms with van der Waals surface area (Å²) < 4.78 is 5.53. The lowest BCUT2D eigenvalue weighted by Gasteiger charge is -2.35. The second kappa shape index (κ2) is 11.1. The van der Waals surface area contributed by atoms with Crippen LogP contribution in [-0.2, 0) is 40.3 Å². The highest BCUT2D eigenvalue weighted by atomic mass is 16.6. The van der Waals surface area contributed by atoms with Crippen LogP contribution in [0.5, 0.6) is 0 Å². The minimum absolute atomic E-state index is 0.0800. The Morgan fingerprint density at radius 3 is 2.33 bits per heavy atom. The van der Waals surface area contributed by atoms with Gasteiger partial charge in [0.15, 0.2) is 0 Å². The SMILES string of the molecule is Cc1ccc(C[C@H](NC(=O)[C@@H]2Cc3ccccc3CN2C(=O)OCc2ccccc2)C(=O)O)cc1C. The molecule has 36 heavy (non-hydrogen) atoms. The Kier molecular flexibility index (Phi) is 7.68. The minimum atomic E-state index is -1.13. The number of hydrogen-bond acceptors (Lipinski definition) is 4. The number of aryl methyl sites for hydroxylation is 2. The maximum absolute atomic E-state index is 13.4. The minimum Gasteiger partial charge on any atom is -0.480 e. The van der Waals surface area contributed by atoms with Crippen molar-refractivity contribution in [2.24, 2.45) is 0 Å². The summed E-state index contributed by atoms with van der Waals surface area (Å²) in [6.07, 6.45) is -0.197. The Morgan fingerprint density at radius 2 is 1.64 bits per heavy atom. The fourth-order valence-electron chi connectivity index (χ4n) is 4.39. The van der Waals surface area contributed by atoms with Crippen LogP contribution in [0.4, 0.5) is 4.79 Å². The van der Waals surface area contributed by atoms with Gasteiger partial charge in [-0.25, -0.2) is 9.59 Å². The topological polar surface area (TPSA) is 95.9 Å².